The molecule has 1 aromatic carbocycles. The third-order valence-corrected chi connectivity index (χ3v) is 6.19. The molecule has 4 aromatic rings. The van der Waals surface area contributed by atoms with Crippen molar-refractivity contribution in [1.29, 1.82) is 0 Å². The van der Waals surface area contributed by atoms with E-state index in [1.807, 2.05) is 24.3 Å². The quantitative estimate of drug-likeness (QED) is 0.414. The number of carbonyl (C=O) groups excluding carboxylic acids is 1. The minimum atomic E-state index is -2.68. The Labute approximate surface area is 187 Å². The van der Waals surface area contributed by atoms with Gasteiger partial charge in [-0.3, -0.25) is 9.78 Å². The summed E-state index contributed by atoms with van der Waals surface area (Å²) in [4.78, 5) is 24.4. The van der Waals surface area contributed by atoms with E-state index < -0.39 is 17.6 Å². The normalized spacial score (nSPS) is 16.2. The van der Waals surface area contributed by atoms with E-state index in [2.05, 4.69) is 20.3 Å². The number of rotatable bonds is 4. The number of carbonyl (C=O) groups is 1. The predicted molar refractivity (Wildman–Crippen MR) is 118 cm³/mol. The number of halogens is 3. The highest BCUT2D eigenvalue weighted by molar-refractivity contribution is 6.08. The van der Waals surface area contributed by atoms with Gasteiger partial charge in [0.05, 0.1) is 23.3 Å². The van der Waals surface area contributed by atoms with E-state index in [4.69, 9.17) is 0 Å². The summed E-state index contributed by atoms with van der Waals surface area (Å²) in [5.74, 6) is -3.44. The van der Waals surface area contributed by atoms with Crippen molar-refractivity contribution in [3.8, 4) is 5.69 Å². The molecule has 2 N–H and O–H groups in total. The molecule has 1 aliphatic carbocycles. The minimum absolute atomic E-state index is 0.178. The van der Waals surface area contributed by atoms with Gasteiger partial charge >= 0.3 is 0 Å². The number of aromatic amines is 1. The molecule has 3 heterocycles. The first-order chi connectivity index (χ1) is 15.8. The summed E-state index contributed by atoms with van der Waals surface area (Å²) in [6, 6.07) is 8.90. The summed E-state index contributed by atoms with van der Waals surface area (Å²) in [5, 5.41) is 3.73. The van der Waals surface area contributed by atoms with Gasteiger partial charge in [-0.25, -0.2) is 18.2 Å². The first-order valence-corrected chi connectivity index (χ1v) is 10.8. The van der Waals surface area contributed by atoms with Crippen molar-refractivity contribution in [3.63, 3.8) is 0 Å². The van der Waals surface area contributed by atoms with E-state index in [1.165, 1.54) is 18.5 Å². The van der Waals surface area contributed by atoms with Crippen LogP contribution in [0.15, 0.2) is 48.9 Å². The average molecular weight is 453 g/mol. The van der Waals surface area contributed by atoms with Gasteiger partial charge in [-0.15, -0.1) is 0 Å². The molecule has 1 amide bonds. The lowest BCUT2D eigenvalue weighted by molar-refractivity contribution is -0.0387. The smallest absolute Gasteiger partial charge is 0.275 e. The number of para-hydroxylation sites is 1. The highest BCUT2D eigenvalue weighted by atomic mass is 19.3. The number of hydrogen-bond acceptors (Lipinski definition) is 3. The molecule has 9 heteroatoms. The number of H-pyrrole nitrogens is 1. The first kappa shape index (κ1) is 21.2. The Bertz CT molecular complexity index is 1330. The summed E-state index contributed by atoms with van der Waals surface area (Å²) >= 11 is 0. The number of alkyl halides is 2. The van der Waals surface area contributed by atoms with Crippen LogP contribution in [-0.2, 0) is 0 Å². The average Bonchev–Trinajstić information content (AvgIpc) is 3.38. The fraction of sp³-hybridized carbons (Fsp3) is 0.292. The Morgan fingerprint density at radius 3 is 2.76 bits per heavy atom. The number of anilines is 1. The molecular weight excluding hydrogens is 431 g/mol. The number of fused-ring (bicyclic) bond motifs is 1. The van der Waals surface area contributed by atoms with Crippen LogP contribution in [0.25, 0.3) is 16.6 Å². The lowest BCUT2D eigenvalue weighted by Gasteiger charge is -2.28. The van der Waals surface area contributed by atoms with Crippen LogP contribution < -0.4 is 5.32 Å². The molecule has 1 saturated carbocycles. The largest absolute Gasteiger partial charge is 0.359 e. The van der Waals surface area contributed by atoms with E-state index in [0.717, 1.165) is 10.9 Å². The Hall–Kier alpha value is -3.62. The molecule has 0 atom stereocenters. The standard InChI is InChI=1S/C24H22F3N5O/c1-14-30-21(23(33)31-20-12-28-19-5-3-2-4-17(19)20)13-32(14)16-10-18(25)22(29-11-16)15-6-8-24(26,27)9-7-15/h2-5,10-13,15,28H,6-9H2,1H3,(H,31,33). The zero-order chi connectivity index (χ0) is 23.2. The second-order valence-electron chi connectivity index (χ2n) is 8.44. The molecule has 170 valence electrons. The maximum Gasteiger partial charge on any atom is 0.275 e. The highest BCUT2D eigenvalue weighted by Gasteiger charge is 2.36. The van der Waals surface area contributed by atoms with Crippen molar-refractivity contribution in [3.05, 3.63) is 72.0 Å². The van der Waals surface area contributed by atoms with Gasteiger partial charge in [0.2, 0.25) is 5.92 Å². The lowest BCUT2D eigenvalue weighted by Crippen LogP contribution is -2.24. The van der Waals surface area contributed by atoms with Gasteiger partial charge in [-0.1, -0.05) is 18.2 Å². The van der Waals surface area contributed by atoms with E-state index >= 15 is 0 Å². The van der Waals surface area contributed by atoms with Crippen molar-refractivity contribution in [2.75, 3.05) is 5.32 Å². The van der Waals surface area contributed by atoms with Crippen LogP contribution >= 0.6 is 0 Å². The Kier molecular flexibility index (Phi) is 5.19. The Morgan fingerprint density at radius 2 is 2.00 bits per heavy atom. The summed E-state index contributed by atoms with van der Waals surface area (Å²) < 4.78 is 43.3. The van der Waals surface area contributed by atoms with Gasteiger partial charge < -0.3 is 14.9 Å². The molecular formula is C24H22F3N5O. The van der Waals surface area contributed by atoms with Gasteiger partial charge in [-0.2, -0.15) is 0 Å². The number of nitrogens with one attached hydrogen (secondary N) is 2. The van der Waals surface area contributed by atoms with Crippen molar-refractivity contribution < 1.29 is 18.0 Å². The third-order valence-electron chi connectivity index (χ3n) is 6.19. The van der Waals surface area contributed by atoms with Gasteiger partial charge in [0.25, 0.3) is 5.91 Å². The van der Waals surface area contributed by atoms with Gasteiger partial charge in [0.1, 0.15) is 17.3 Å². The second kappa shape index (κ2) is 8.06. The molecule has 0 unspecified atom stereocenters. The topological polar surface area (TPSA) is 75.6 Å². The molecule has 1 aliphatic rings. The summed E-state index contributed by atoms with van der Waals surface area (Å²) in [6.45, 7) is 1.71. The molecule has 6 nitrogen and oxygen atoms in total. The van der Waals surface area contributed by atoms with Gasteiger partial charge in [-0.05, 0) is 25.8 Å². The lowest BCUT2D eigenvalue weighted by atomic mass is 9.84. The molecule has 1 fully saturated rings. The number of benzene rings is 1. The Balaban J connectivity index is 1.36. The number of hydrogen-bond donors (Lipinski definition) is 2. The molecule has 0 aliphatic heterocycles. The molecule has 33 heavy (non-hydrogen) atoms. The van der Waals surface area contributed by atoms with E-state index in [0.29, 0.717) is 17.2 Å². The monoisotopic (exact) mass is 453 g/mol. The number of amides is 1. The van der Waals surface area contributed by atoms with Crippen LogP contribution in [0, 0.1) is 12.7 Å². The van der Waals surface area contributed by atoms with Crippen molar-refractivity contribution in [1.82, 2.24) is 19.5 Å². The van der Waals surface area contributed by atoms with Gasteiger partial charge in [0, 0.05) is 48.1 Å². The number of nitrogens with zero attached hydrogens (tertiary/aromatic N) is 3. The summed E-state index contributed by atoms with van der Waals surface area (Å²) in [6.07, 6.45) is 4.63. The molecule has 0 bridgehead atoms. The zero-order valence-electron chi connectivity index (χ0n) is 17.9. The fourth-order valence-corrected chi connectivity index (χ4v) is 4.39. The number of aromatic nitrogens is 4. The van der Waals surface area contributed by atoms with Gasteiger partial charge in [0.15, 0.2) is 0 Å². The number of aryl methyl sites for hydroxylation is 1. The fourth-order valence-electron chi connectivity index (χ4n) is 4.39. The van der Waals surface area contributed by atoms with Crippen LogP contribution in [-0.4, -0.2) is 31.3 Å². The zero-order valence-corrected chi connectivity index (χ0v) is 17.9. The van der Waals surface area contributed by atoms with Crippen LogP contribution in [0.1, 0.15) is 53.6 Å². The van der Waals surface area contributed by atoms with Crippen molar-refractivity contribution in [2.45, 2.75) is 44.4 Å². The SMILES string of the molecule is Cc1nc(C(=O)Nc2c[nH]c3ccccc23)cn1-c1cnc(C2CCC(F)(F)CC2)c(F)c1. The highest BCUT2D eigenvalue weighted by Crippen LogP contribution is 2.41. The van der Waals surface area contributed by atoms with Crippen LogP contribution in [0.2, 0.25) is 0 Å². The van der Waals surface area contributed by atoms with E-state index in [1.54, 1.807) is 17.7 Å². The maximum atomic E-state index is 14.8. The van der Waals surface area contributed by atoms with Crippen molar-refractivity contribution in [2.24, 2.45) is 0 Å². The summed E-state index contributed by atoms with van der Waals surface area (Å²) in [7, 11) is 0. The van der Waals surface area contributed by atoms with Crippen LogP contribution in [0.5, 0.6) is 0 Å². The summed E-state index contributed by atoms with van der Waals surface area (Å²) in [5.41, 5.74) is 2.34. The molecule has 0 spiro atoms. The van der Waals surface area contributed by atoms with E-state index in [9.17, 15) is 18.0 Å². The molecule has 5 rings (SSSR count). The predicted octanol–water partition coefficient (Wildman–Crippen LogP) is 5.74. The Morgan fingerprint density at radius 1 is 1.24 bits per heavy atom. The molecule has 0 saturated heterocycles. The minimum Gasteiger partial charge on any atom is -0.359 e. The van der Waals surface area contributed by atoms with Crippen LogP contribution in [0.4, 0.5) is 18.9 Å². The molecule has 0 radical (unpaired) electrons. The maximum absolute atomic E-state index is 14.8. The second-order valence-corrected chi connectivity index (χ2v) is 8.44. The third kappa shape index (κ3) is 4.10. The number of pyridine rings is 1. The van der Waals surface area contributed by atoms with Crippen molar-refractivity contribution >= 4 is 22.5 Å². The first-order valence-electron chi connectivity index (χ1n) is 10.8. The van der Waals surface area contributed by atoms with E-state index in [-0.39, 0.29) is 43.0 Å². The molecule has 3 aromatic heterocycles. The van der Waals surface area contributed by atoms with Crippen LogP contribution in [0.3, 0.4) is 0 Å². The number of imidazole rings is 1.